The first-order chi connectivity index (χ1) is 18.1. The summed E-state index contributed by atoms with van der Waals surface area (Å²) in [6, 6.07) is -0.681. The maximum absolute atomic E-state index is 12.2. The Morgan fingerprint density at radius 1 is 0.737 bits per heavy atom. The van der Waals surface area contributed by atoms with Crippen LogP contribution in [-0.4, -0.2) is 83.1 Å². The zero-order chi connectivity index (χ0) is 28.5. The van der Waals surface area contributed by atoms with Gasteiger partial charge in [0.1, 0.15) is 0 Å². The minimum atomic E-state index is -0.593. The number of hydrogen-bond donors (Lipinski definition) is 2. The lowest BCUT2D eigenvalue weighted by Crippen LogP contribution is -2.50. The molecule has 0 aliphatic carbocycles. The monoisotopic (exact) mass is 530 g/mol. The largest absolute Gasteiger partial charge is 0.391 e. The molecular formula is C32H54N2O4. The second kappa shape index (κ2) is 19.2. The molecule has 2 saturated heterocycles. The maximum atomic E-state index is 12.2. The molecule has 0 aromatic carbocycles. The molecule has 2 heterocycles. The minimum absolute atomic E-state index is 0.0760. The predicted molar refractivity (Wildman–Crippen MR) is 158 cm³/mol. The molecule has 2 rings (SSSR count). The van der Waals surface area contributed by atoms with Crippen molar-refractivity contribution in [2.24, 2.45) is 11.8 Å². The summed E-state index contributed by atoms with van der Waals surface area (Å²) in [4.78, 5) is 28.5. The Bertz CT molecular complexity index is 713. The molecule has 0 spiro atoms. The predicted octanol–water partition coefficient (Wildman–Crippen LogP) is 5.12. The Morgan fingerprint density at radius 3 is 1.45 bits per heavy atom. The van der Waals surface area contributed by atoms with E-state index in [4.69, 9.17) is 0 Å². The van der Waals surface area contributed by atoms with Gasteiger partial charge in [0.05, 0.1) is 24.3 Å². The van der Waals surface area contributed by atoms with Gasteiger partial charge in [0.2, 0.25) is 0 Å². The molecule has 2 fully saturated rings. The van der Waals surface area contributed by atoms with Crippen LogP contribution in [0.5, 0.6) is 0 Å². The van der Waals surface area contributed by atoms with E-state index >= 15 is 0 Å². The molecule has 2 N–H and O–H groups in total. The zero-order valence-corrected chi connectivity index (χ0v) is 24.4. The van der Waals surface area contributed by atoms with E-state index in [1.807, 2.05) is 62.0 Å². The summed E-state index contributed by atoms with van der Waals surface area (Å²) >= 11 is 0. The molecule has 2 aliphatic heterocycles. The number of hydrogen-bond acceptors (Lipinski definition) is 6. The second-order valence-electron chi connectivity index (χ2n) is 11.1. The van der Waals surface area contributed by atoms with Gasteiger partial charge in [0.25, 0.3) is 0 Å². The molecule has 6 atom stereocenters. The fourth-order valence-corrected chi connectivity index (χ4v) is 5.32. The van der Waals surface area contributed by atoms with Crippen LogP contribution in [-0.2, 0) is 9.59 Å². The van der Waals surface area contributed by atoms with Gasteiger partial charge in [-0.3, -0.25) is 19.4 Å². The quantitative estimate of drug-likeness (QED) is 0.382. The highest BCUT2D eigenvalue weighted by atomic mass is 16.3. The van der Waals surface area contributed by atoms with Crippen LogP contribution in [0.3, 0.4) is 0 Å². The van der Waals surface area contributed by atoms with Crippen LogP contribution in [0.4, 0.5) is 0 Å². The van der Waals surface area contributed by atoms with Crippen molar-refractivity contribution in [3.05, 3.63) is 49.6 Å². The molecule has 6 heteroatoms. The SMILES string of the molecule is C=C/C=C/C[C@@H](C)[C@@H](O)[C@H]1C(=O)CCCCCN1C.C=C/C=C\C[C@@H](C)[C@@H](O)[C@H]1C(=O)CCCCCN1C. The lowest BCUT2D eigenvalue weighted by atomic mass is 9.88. The number of Topliss-reactive ketones (excluding diaryl/α,β-unsaturated/α-hetero) is 2. The molecule has 0 bridgehead atoms. The number of likely N-dealkylation sites (tertiary alicyclic amines) is 2. The first kappa shape index (κ1) is 34.2. The van der Waals surface area contributed by atoms with Crippen LogP contribution in [0, 0.1) is 11.8 Å². The van der Waals surface area contributed by atoms with Crippen molar-refractivity contribution in [1.82, 2.24) is 9.80 Å². The van der Waals surface area contributed by atoms with Crippen molar-refractivity contribution in [3.63, 3.8) is 0 Å². The normalized spacial score (nSPS) is 25.8. The van der Waals surface area contributed by atoms with Crippen molar-refractivity contribution in [2.75, 3.05) is 27.2 Å². The van der Waals surface area contributed by atoms with E-state index in [9.17, 15) is 19.8 Å². The van der Waals surface area contributed by atoms with Crippen molar-refractivity contribution < 1.29 is 19.8 Å². The molecule has 6 nitrogen and oxygen atoms in total. The Labute approximate surface area is 232 Å². The van der Waals surface area contributed by atoms with Crippen LogP contribution in [0.15, 0.2) is 49.6 Å². The van der Waals surface area contributed by atoms with Crippen molar-refractivity contribution >= 4 is 11.6 Å². The average Bonchev–Trinajstić information content (AvgIpc) is 2.87. The smallest absolute Gasteiger partial charge is 0.152 e. The van der Waals surface area contributed by atoms with Crippen molar-refractivity contribution in [3.8, 4) is 0 Å². The zero-order valence-electron chi connectivity index (χ0n) is 24.4. The Kier molecular flexibility index (Phi) is 17.3. The van der Waals surface area contributed by atoms with E-state index in [2.05, 4.69) is 13.2 Å². The average molecular weight is 531 g/mol. The summed E-state index contributed by atoms with van der Waals surface area (Å²) in [6.45, 7) is 13.0. The number of carbonyl (C=O) groups excluding carboxylic acids is 2. The van der Waals surface area contributed by atoms with Crippen LogP contribution in [0.2, 0.25) is 0 Å². The summed E-state index contributed by atoms with van der Waals surface area (Å²) in [5, 5.41) is 21.0. The number of rotatable bonds is 10. The molecule has 0 saturated carbocycles. The number of carbonyl (C=O) groups is 2. The summed E-state index contributed by atoms with van der Waals surface area (Å²) in [5.41, 5.74) is 0. The van der Waals surface area contributed by atoms with Gasteiger partial charge in [-0.2, -0.15) is 0 Å². The maximum Gasteiger partial charge on any atom is 0.152 e. The number of allylic oxidation sites excluding steroid dienone is 6. The van der Waals surface area contributed by atoms with Gasteiger partial charge in [0, 0.05) is 12.8 Å². The van der Waals surface area contributed by atoms with Crippen LogP contribution >= 0.6 is 0 Å². The number of nitrogens with zero attached hydrogens (tertiary/aromatic N) is 2. The summed E-state index contributed by atoms with van der Waals surface area (Å²) in [7, 11) is 3.90. The summed E-state index contributed by atoms with van der Waals surface area (Å²) in [6.07, 6.45) is 19.1. The number of aliphatic hydroxyl groups is 2. The molecule has 0 aromatic heterocycles. The molecular weight excluding hydrogens is 476 g/mol. The van der Waals surface area contributed by atoms with Crippen molar-refractivity contribution in [2.45, 2.75) is 102 Å². The van der Waals surface area contributed by atoms with E-state index in [0.717, 1.165) is 64.5 Å². The first-order valence-corrected chi connectivity index (χ1v) is 14.5. The molecule has 38 heavy (non-hydrogen) atoms. The molecule has 2 aliphatic rings. The molecule has 0 radical (unpaired) electrons. The highest BCUT2D eigenvalue weighted by Crippen LogP contribution is 2.22. The Hall–Kier alpha value is -1.86. The van der Waals surface area contributed by atoms with Gasteiger partial charge in [-0.15, -0.1) is 0 Å². The Balaban J connectivity index is 0.000000380. The third kappa shape index (κ3) is 11.9. The fraction of sp³-hybridized carbons (Fsp3) is 0.688. The van der Waals surface area contributed by atoms with Gasteiger partial charge in [-0.1, -0.05) is 76.3 Å². The van der Waals surface area contributed by atoms with Crippen LogP contribution < -0.4 is 0 Å². The van der Waals surface area contributed by atoms with Crippen LogP contribution in [0.25, 0.3) is 0 Å². The standard InChI is InChI=1S/2C16H27NO2/c2*1-4-5-7-10-13(2)16(19)15-14(18)11-8-6-9-12-17(15)3/h2*4-5,7,13,15-16,19H,1,6,8-12H2,2-3H3/b7-5+;7-5-/t2*13-,15-,16-/m11/s1. The highest BCUT2D eigenvalue weighted by molar-refractivity contribution is 5.85. The molecule has 216 valence electrons. The first-order valence-electron chi connectivity index (χ1n) is 14.5. The Morgan fingerprint density at radius 2 is 1.11 bits per heavy atom. The highest BCUT2D eigenvalue weighted by Gasteiger charge is 2.34. The van der Waals surface area contributed by atoms with Gasteiger partial charge in [-0.25, -0.2) is 0 Å². The topological polar surface area (TPSA) is 81.1 Å². The van der Waals surface area contributed by atoms with Gasteiger partial charge in [0.15, 0.2) is 11.6 Å². The lowest BCUT2D eigenvalue weighted by Gasteiger charge is -2.34. The number of aliphatic hydroxyl groups excluding tert-OH is 2. The fourth-order valence-electron chi connectivity index (χ4n) is 5.32. The molecule has 0 amide bonds. The van der Waals surface area contributed by atoms with E-state index in [1.165, 1.54) is 0 Å². The molecule has 0 unspecified atom stereocenters. The summed E-state index contributed by atoms with van der Waals surface area (Å²) < 4.78 is 0. The van der Waals surface area contributed by atoms with Gasteiger partial charge in [-0.05, 0) is 77.5 Å². The van der Waals surface area contributed by atoms with Crippen LogP contribution in [0.1, 0.15) is 78.1 Å². The number of likely N-dealkylation sites (N-methyl/N-ethyl adjacent to an activating group) is 2. The van der Waals surface area contributed by atoms with E-state index in [1.54, 1.807) is 12.2 Å². The summed E-state index contributed by atoms with van der Waals surface area (Å²) in [5.74, 6) is 0.530. The van der Waals surface area contributed by atoms with E-state index < -0.39 is 12.2 Å². The van der Waals surface area contributed by atoms with Gasteiger partial charge >= 0.3 is 0 Å². The van der Waals surface area contributed by atoms with E-state index in [0.29, 0.717) is 12.8 Å². The van der Waals surface area contributed by atoms with Gasteiger partial charge < -0.3 is 10.2 Å². The van der Waals surface area contributed by atoms with Crippen molar-refractivity contribution in [1.29, 1.82) is 0 Å². The molecule has 0 aromatic rings. The van der Waals surface area contributed by atoms with E-state index in [-0.39, 0.29) is 35.5 Å². The second-order valence-corrected chi connectivity index (χ2v) is 11.1. The number of ketones is 2. The lowest BCUT2D eigenvalue weighted by molar-refractivity contribution is -0.131. The third-order valence-electron chi connectivity index (χ3n) is 7.85. The minimum Gasteiger partial charge on any atom is -0.391 e. The third-order valence-corrected chi connectivity index (χ3v) is 7.85.